The van der Waals surface area contributed by atoms with Gasteiger partial charge in [0.25, 0.3) is 0 Å². The number of aromatic nitrogens is 2. The van der Waals surface area contributed by atoms with Crippen molar-refractivity contribution in [2.45, 2.75) is 18.4 Å². The second-order valence-electron chi connectivity index (χ2n) is 7.36. The van der Waals surface area contributed by atoms with E-state index in [4.69, 9.17) is 4.52 Å². The summed E-state index contributed by atoms with van der Waals surface area (Å²) in [5.74, 6) is 1.42. The van der Waals surface area contributed by atoms with Crippen LogP contribution in [0, 0.1) is 12.7 Å². The number of thioether (sulfide) groups is 1. The fourth-order valence-corrected chi connectivity index (χ4v) is 4.71. The molecule has 0 aliphatic carbocycles. The van der Waals surface area contributed by atoms with Gasteiger partial charge in [0.05, 0.1) is 23.6 Å². The van der Waals surface area contributed by atoms with E-state index in [9.17, 15) is 9.18 Å². The third-order valence-corrected chi connectivity index (χ3v) is 6.13. The Labute approximate surface area is 182 Å². The molecular formula is C22H20FN5O2S. The normalized spacial score (nSPS) is 13.3. The number of H-pyrrole nitrogens is 1. The van der Waals surface area contributed by atoms with Gasteiger partial charge in [0, 0.05) is 46.0 Å². The minimum absolute atomic E-state index is 0.357. The van der Waals surface area contributed by atoms with Gasteiger partial charge in [-0.15, -0.1) is 11.8 Å². The molecule has 2 aromatic carbocycles. The summed E-state index contributed by atoms with van der Waals surface area (Å²) in [6.07, 6.45) is 1.65. The molecule has 0 radical (unpaired) electrons. The number of hydrogen-bond acceptors (Lipinski definition) is 5. The maximum Gasteiger partial charge on any atom is 0.323 e. The summed E-state index contributed by atoms with van der Waals surface area (Å²) in [6.45, 7) is 3.38. The van der Waals surface area contributed by atoms with E-state index in [1.54, 1.807) is 24.0 Å². The number of nitrogens with zero attached hydrogens (tertiary/aromatic N) is 2. The summed E-state index contributed by atoms with van der Waals surface area (Å²) < 4.78 is 18.9. The smallest absolute Gasteiger partial charge is 0.323 e. The van der Waals surface area contributed by atoms with Gasteiger partial charge in [0.1, 0.15) is 5.82 Å². The number of carbonyl (C=O) groups is 1. The topological polar surface area (TPSA) is 86.2 Å². The number of benzene rings is 2. The van der Waals surface area contributed by atoms with Gasteiger partial charge in [-0.25, -0.2) is 9.18 Å². The molecule has 158 valence electrons. The van der Waals surface area contributed by atoms with E-state index >= 15 is 0 Å². The van der Waals surface area contributed by atoms with E-state index in [1.807, 2.05) is 31.2 Å². The quantitative estimate of drug-likeness (QED) is 0.400. The number of halogens is 1. The van der Waals surface area contributed by atoms with Gasteiger partial charge in [-0.3, -0.25) is 0 Å². The lowest BCUT2D eigenvalue weighted by molar-refractivity contribution is 0.262. The zero-order chi connectivity index (χ0) is 21.4. The molecule has 9 heteroatoms. The number of nitrogens with one attached hydrogen (secondary N) is 3. The molecule has 1 aliphatic rings. The molecule has 5 rings (SSSR count). The van der Waals surface area contributed by atoms with Crippen LogP contribution in [-0.2, 0) is 6.54 Å². The first-order valence-corrected chi connectivity index (χ1v) is 10.8. The highest BCUT2D eigenvalue weighted by atomic mass is 32.2. The van der Waals surface area contributed by atoms with Crippen molar-refractivity contribution in [3.63, 3.8) is 0 Å². The molecule has 3 N–H and O–H groups in total. The van der Waals surface area contributed by atoms with Crippen LogP contribution >= 0.6 is 11.8 Å². The van der Waals surface area contributed by atoms with E-state index in [1.165, 1.54) is 12.1 Å². The number of aryl methyl sites for hydroxylation is 1. The summed E-state index contributed by atoms with van der Waals surface area (Å²) in [4.78, 5) is 19.0. The summed E-state index contributed by atoms with van der Waals surface area (Å²) in [5, 5.41) is 10.2. The van der Waals surface area contributed by atoms with E-state index in [-0.39, 0.29) is 5.82 Å². The second-order valence-corrected chi connectivity index (χ2v) is 8.50. The van der Waals surface area contributed by atoms with Gasteiger partial charge < -0.3 is 25.0 Å². The van der Waals surface area contributed by atoms with Crippen LogP contribution < -0.4 is 15.5 Å². The van der Waals surface area contributed by atoms with Crippen molar-refractivity contribution in [2.24, 2.45) is 0 Å². The lowest BCUT2D eigenvalue weighted by Crippen LogP contribution is -2.28. The molecular weight excluding hydrogens is 417 g/mol. The highest BCUT2D eigenvalue weighted by Crippen LogP contribution is 2.37. The number of amides is 2. The van der Waals surface area contributed by atoms with E-state index in [0.717, 1.165) is 39.9 Å². The van der Waals surface area contributed by atoms with Crippen molar-refractivity contribution in [1.82, 2.24) is 10.1 Å². The molecule has 1 aliphatic heterocycles. The van der Waals surface area contributed by atoms with Crippen LogP contribution in [0.1, 0.15) is 11.5 Å². The molecule has 0 atom stereocenters. The number of anilines is 3. The van der Waals surface area contributed by atoms with E-state index in [2.05, 4.69) is 25.7 Å². The number of urea groups is 1. The minimum atomic E-state index is -0.397. The van der Waals surface area contributed by atoms with Gasteiger partial charge in [0.15, 0.2) is 5.76 Å². The minimum Gasteiger partial charge on any atom is -0.362 e. The predicted molar refractivity (Wildman–Crippen MR) is 120 cm³/mol. The zero-order valence-electron chi connectivity index (χ0n) is 16.7. The second kappa shape index (κ2) is 7.99. The largest absolute Gasteiger partial charge is 0.362 e. The van der Waals surface area contributed by atoms with Crippen molar-refractivity contribution in [1.29, 1.82) is 0 Å². The Balaban J connectivity index is 1.33. The van der Waals surface area contributed by atoms with Crippen LogP contribution in [0.3, 0.4) is 0 Å². The molecule has 0 saturated heterocycles. The van der Waals surface area contributed by atoms with Crippen molar-refractivity contribution in [2.75, 3.05) is 27.8 Å². The molecule has 3 heterocycles. The molecule has 4 aromatic rings. The Bertz CT molecular complexity index is 1270. The number of aromatic amines is 1. The number of fused-ring (bicyclic) bond motifs is 2. The molecule has 7 nitrogen and oxygen atoms in total. The van der Waals surface area contributed by atoms with Gasteiger partial charge in [-0.1, -0.05) is 5.16 Å². The molecule has 0 unspecified atom stereocenters. The Morgan fingerprint density at radius 2 is 2.16 bits per heavy atom. The highest BCUT2D eigenvalue weighted by Gasteiger charge is 2.20. The molecule has 0 fully saturated rings. The SMILES string of the molecule is Cc1cc(CN2CCSc3ccc(NC(=O)Nc4c[nH]c5ccc(F)cc45)cc32)on1. The standard InChI is InChI=1S/C22H20FN5O2S/c1-13-8-16(30-27-13)12-28-6-7-31-21-5-3-15(10-20(21)28)25-22(29)26-19-11-24-18-4-2-14(23)9-17(18)19/h2-5,8-11,24H,6-7,12H2,1H3,(H2,25,26,29). The monoisotopic (exact) mass is 437 g/mol. The number of rotatable bonds is 4. The molecule has 0 spiro atoms. The van der Waals surface area contributed by atoms with Crippen LogP contribution in [0.4, 0.5) is 26.2 Å². The number of hydrogen-bond donors (Lipinski definition) is 3. The lowest BCUT2D eigenvalue weighted by Gasteiger charge is -2.30. The Hall–Kier alpha value is -3.46. The average molecular weight is 438 g/mol. The number of carbonyl (C=O) groups excluding carboxylic acids is 1. The summed E-state index contributed by atoms with van der Waals surface area (Å²) in [7, 11) is 0. The third kappa shape index (κ3) is 4.09. The van der Waals surface area contributed by atoms with Crippen molar-refractivity contribution in [3.05, 3.63) is 65.9 Å². The van der Waals surface area contributed by atoms with E-state index in [0.29, 0.717) is 23.3 Å². The first-order chi connectivity index (χ1) is 15.0. The maximum atomic E-state index is 13.6. The van der Waals surface area contributed by atoms with E-state index < -0.39 is 6.03 Å². The maximum absolute atomic E-state index is 13.6. The Morgan fingerprint density at radius 1 is 1.26 bits per heavy atom. The molecule has 2 aromatic heterocycles. The van der Waals surface area contributed by atoms with Crippen LogP contribution in [0.2, 0.25) is 0 Å². The van der Waals surface area contributed by atoms with Gasteiger partial charge in [-0.2, -0.15) is 0 Å². The highest BCUT2D eigenvalue weighted by molar-refractivity contribution is 7.99. The first kappa shape index (κ1) is 19.5. The molecule has 0 bridgehead atoms. The molecule has 2 amide bonds. The third-order valence-electron chi connectivity index (χ3n) is 5.09. The summed E-state index contributed by atoms with van der Waals surface area (Å²) in [5.41, 5.74) is 3.83. The van der Waals surface area contributed by atoms with Crippen LogP contribution in [0.5, 0.6) is 0 Å². The summed E-state index contributed by atoms with van der Waals surface area (Å²) >= 11 is 1.79. The van der Waals surface area contributed by atoms with Crippen LogP contribution in [0.15, 0.2) is 58.1 Å². The lowest BCUT2D eigenvalue weighted by atomic mass is 10.2. The van der Waals surface area contributed by atoms with Gasteiger partial charge in [-0.05, 0) is 43.3 Å². The first-order valence-electron chi connectivity index (χ1n) is 9.84. The zero-order valence-corrected chi connectivity index (χ0v) is 17.6. The van der Waals surface area contributed by atoms with Gasteiger partial charge >= 0.3 is 6.03 Å². The van der Waals surface area contributed by atoms with Crippen molar-refractivity contribution in [3.8, 4) is 0 Å². The Morgan fingerprint density at radius 3 is 3.00 bits per heavy atom. The van der Waals surface area contributed by atoms with Crippen LogP contribution in [-0.4, -0.2) is 28.5 Å². The fraction of sp³-hybridized carbons (Fsp3) is 0.182. The van der Waals surface area contributed by atoms with Crippen molar-refractivity contribution >= 4 is 45.8 Å². The summed E-state index contributed by atoms with van der Waals surface area (Å²) in [6, 6.07) is 11.8. The van der Waals surface area contributed by atoms with Gasteiger partial charge in [0.2, 0.25) is 0 Å². The van der Waals surface area contributed by atoms with Crippen molar-refractivity contribution < 1.29 is 13.7 Å². The average Bonchev–Trinajstić information content (AvgIpc) is 3.34. The Kier molecular flexibility index (Phi) is 5.03. The molecule has 0 saturated carbocycles. The fourth-order valence-electron chi connectivity index (χ4n) is 3.67. The molecule has 31 heavy (non-hydrogen) atoms. The predicted octanol–water partition coefficient (Wildman–Crippen LogP) is 5.36. The van der Waals surface area contributed by atoms with Crippen LogP contribution in [0.25, 0.3) is 10.9 Å².